The lowest BCUT2D eigenvalue weighted by molar-refractivity contribution is -0.117. The molecule has 0 aliphatic heterocycles. The quantitative estimate of drug-likeness (QED) is 0.921. The van der Waals surface area contributed by atoms with Gasteiger partial charge in [0.05, 0.1) is 22.8 Å². The van der Waals surface area contributed by atoms with Gasteiger partial charge in [0.2, 0.25) is 5.91 Å². The average Bonchev–Trinajstić information content (AvgIpc) is 2.79. The largest absolute Gasteiger partial charge is 0.322 e. The molecule has 0 aliphatic carbocycles. The number of benzene rings is 1. The normalized spacial score (nSPS) is 10.9. The third-order valence-electron chi connectivity index (χ3n) is 2.97. The summed E-state index contributed by atoms with van der Waals surface area (Å²) in [6.45, 7) is 4.49. The number of carbonyl (C=O) groups excluding carboxylic acids is 1. The summed E-state index contributed by atoms with van der Waals surface area (Å²) in [5, 5.41) is 6.52. The minimum atomic E-state index is -0.431. The van der Waals surface area contributed by atoms with Crippen LogP contribution in [0.5, 0.6) is 0 Å². The topological polar surface area (TPSA) is 58.1 Å². The summed E-state index contributed by atoms with van der Waals surface area (Å²) >= 11 is 1.32. The lowest BCUT2D eigenvalue weighted by atomic mass is 10.2. The molecule has 0 saturated carbocycles. The number of hydrogen-bond acceptors (Lipinski definition) is 5. The van der Waals surface area contributed by atoms with Gasteiger partial charge in [-0.05, 0) is 50.1 Å². The minimum Gasteiger partial charge on any atom is -0.322 e. The highest BCUT2D eigenvalue weighted by Gasteiger charge is 2.12. The summed E-state index contributed by atoms with van der Waals surface area (Å²) in [4.78, 5) is 14.8. The number of likely N-dealkylation sites (N-methyl/N-ethyl adjacent to an activating group) is 1. The molecule has 5 nitrogen and oxygen atoms in total. The molecule has 0 radical (unpaired) electrons. The third kappa shape index (κ3) is 4.30. The lowest BCUT2D eigenvalue weighted by Gasteiger charge is -2.15. The molecule has 0 fully saturated rings. The Balaban J connectivity index is 1.92. The Morgan fingerprint density at radius 3 is 2.86 bits per heavy atom. The van der Waals surface area contributed by atoms with Gasteiger partial charge in [0.25, 0.3) is 0 Å². The molecule has 1 heterocycles. The van der Waals surface area contributed by atoms with Crippen molar-refractivity contribution in [2.75, 3.05) is 18.9 Å². The van der Waals surface area contributed by atoms with Gasteiger partial charge in [0, 0.05) is 6.54 Å². The summed E-state index contributed by atoms with van der Waals surface area (Å²) in [7, 11) is 1.82. The highest BCUT2D eigenvalue weighted by molar-refractivity contribution is 7.05. The molecule has 7 heteroatoms. The van der Waals surface area contributed by atoms with Crippen LogP contribution in [0.4, 0.5) is 10.1 Å². The smallest absolute Gasteiger partial charge is 0.238 e. The summed E-state index contributed by atoms with van der Waals surface area (Å²) < 4.78 is 17.4. The maximum atomic E-state index is 13.6. The van der Waals surface area contributed by atoms with Gasteiger partial charge < -0.3 is 5.32 Å². The molecule has 0 spiro atoms. The molecule has 0 saturated heterocycles. The molecule has 0 unspecified atom stereocenters. The number of amides is 1. The molecule has 1 N–H and O–H groups in total. The van der Waals surface area contributed by atoms with Crippen LogP contribution in [0.25, 0.3) is 0 Å². The molecule has 0 atom stereocenters. The van der Waals surface area contributed by atoms with Crippen LogP contribution in [0, 0.1) is 19.7 Å². The fraction of sp³-hybridized carbons (Fsp3) is 0.357. The van der Waals surface area contributed by atoms with E-state index in [2.05, 4.69) is 14.9 Å². The molecule has 0 bridgehead atoms. The zero-order valence-electron chi connectivity index (χ0n) is 12.2. The van der Waals surface area contributed by atoms with Crippen LogP contribution in [0.15, 0.2) is 18.2 Å². The number of hydrogen-bond donors (Lipinski definition) is 1. The fourth-order valence-corrected chi connectivity index (χ4v) is 2.58. The molecule has 2 aromatic rings. The SMILES string of the molecule is Cc1ccc(F)c(NC(=O)CN(C)Cc2snnc2C)c1. The van der Waals surface area contributed by atoms with E-state index in [1.807, 2.05) is 25.8 Å². The van der Waals surface area contributed by atoms with Crippen LogP contribution in [0.1, 0.15) is 16.1 Å². The van der Waals surface area contributed by atoms with Gasteiger partial charge in [-0.2, -0.15) is 0 Å². The standard InChI is InChI=1S/C14H17FN4OS/c1-9-4-5-11(15)12(6-9)16-14(20)8-19(3)7-13-10(2)17-18-21-13/h4-6H,7-8H2,1-3H3,(H,16,20). The Hall–Kier alpha value is -1.86. The van der Waals surface area contributed by atoms with Gasteiger partial charge in [0.15, 0.2) is 0 Å². The number of carbonyl (C=O) groups is 1. The van der Waals surface area contributed by atoms with Crippen LogP contribution >= 0.6 is 11.5 Å². The van der Waals surface area contributed by atoms with Crippen molar-refractivity contribution in [2.24, 2.45) is 0 Å². The molecule has 2 rings (SSSR count). The highest BCUT2D eigenvalue weighted by Crippen LogP contribution is 2.16. The average molecular weight is 308 g/mol. The van der Waals surface area contributed by atoms with Gasteiger partial charge in [-0.1, -0.05) is 10.6 Å². The predicted octanol–water partition coefficient (Wildman–Crippen LogP) is 2.36. The lowest BCUT2D eigenvalue weighted by Crippen LogP contribution is -2.30. The van der Waals surface area contributed by atoms with Crippen molar-refractivity contribution in [3.63, 3.8) is 0 Å². The van der Waals surface area contributed by atoms with Gasteiger partial charge in [-0.15, -0.1) is 5.10 Å². The third-order valence-corrected chi connectivity index (χ3v) is 3.78. The molecule has 1 aromatic carbocycles. The number of aryl methyl sites for hydroxylation is 2. The molecule has 0 aliphatic rings. The number of aromatic nitrogens is 2. The van der Waals surface area contributed by atoms with E-state index in [1.54, 1.807) is 12.1 Å². The number of rotatable bonds is 5. The molecule has 21 heavy (non-hydrogen) atoms. The van der Waals surface area contributed by atoms with Gasteiger partial charge in [0.1, 0.15) is 5.82 Å². The van der Waals surface area contributed by atoms with E-state index < -0.39 is 5.82 Å². The van der Waals surface area contributed by atoms with E-state index >= 15 is 0 Å². The highest BCUT2D eigenvalue weighted by atomic mass is 32.1. The first-order valence-corrected chi connectivity index (χ1v) is 7.25. The number of nitrogens with one attached hydrogen (secondary N) is 1. The monoisotopic (exact) mass is 308 g/mol. The van der Waals surface area contributed by atoms with Crippen molar-refractivity contribution in [1.29, 1.82) is 0 Å². The van der Waals surface area contributed by atoms with E-state index in [1.165, 1.54) is 17.6 Å². The van der Waals surface area contributed by atoms with Gasteiger partial charge in [-0.25, -0.2) is 4.39 Å². The maximum Gasteiger partial charge on any atom is 0.238 e. The first-order chi connectivity index (χ1) is 9.95. The van der Waals surface area contributed by atoms with E-state index in [0.29, 0.717) is 6.54 Å². The van der Waals surface area contributed by atoms with Crippen LogP contribution in [0.2, 0.25) is 0 Å². The Morgan fingerprint density at radius 1 is 1.43 bits per heavy atom. The number of anilines is 1. The summed E-state index contributed by atoms with van der Waals surface area (Å²) in [6.07, 6.45) is 0. The second-order valence-corrected chi connectivity index (χ2v) is 5.82. The minimum absolute atomic E-state index is 0.171. The van der Waals surface area contributed by atoms with Crippen LogP contribution in [0.3, 0.4) is 0 Å². The Kier molecular flexibility index (Phi) is 4.98. The van der Waals surface area contributed by atoms with Crippen molar-refractivity contribution >= 4 is 23.1 Å². The van der Waals surface area contributed by atoms with Crippen LogP contribution < -0.4 is 5.32 Å². The summed E-state index contributed by atoms with van der Waals surface area (Å²) in [5.41, 5.74) is 1.98. The van der Waals surface area contributed by atoms with Crippen molar-refractivity contribution in [2.45, 2.75) is 20.4 Å². The fourth-order valence-electron chi connectivity index (χ4n) is 1.87. The second-order valence-electron chi connectivity index (χ2n) is 4.99. The zero-order valence-corrected chi connectivity index (χ0v) is 13.0. The van der Waals surface area contributed by atoms with E-state index in [9.17, 15) is 9.18 Å². The summed E-state index contributed by atoms with van der Waals surface area (Å²) in [6, 6.07) is 4.63. The summed E-state index contributed by atoms with van der Waals surface area (Å²) in [5.74, 6) is -0.684. The Morgan fingerprint density at radius 2 is 2.19 bits per heavy atom. The van der Waals surface area contributed by atoms with Crippen LogP contribution in [-0.4, -0.2) is 34.0 Å². The number of nitrogens with zero attached hydrogens (tertiary/aromatic N) is 3. The molecular weight excluding hydrogens is 291 g/mol. The van der Waals surface area contributed by atoms with Crippen molar-refractivity contribution in [3.8, 4) is 0 Å². The van der Waals surface area contributed by atoms with Crippen molar-refractivity contribution < 1.29 is 9.18 Å². The van der Waals surface area contributed by atoms with Crippen molar-refractivity contribution in [1.82, 2.24) is 14.5 Å². The van der Waals surface area contributed by atoms with E-state index in [4.69, 9.17) is 0 Å². The van der Waals surface area contributed by atoms with Crippen molar-refractivity contribution in [3.05, 3.63) is 40.2 Å². The molecule has 112 valence electrons. The Labute approximate surface area is 127 Å². The van der Waals surface area contributed by atoms with Gasteiger partial charge in [-0.3, -0.25) is 9.69 Å². The molecular formula is C14H17FN4OS. The zero-order chi connectivity index (χ0) is 15.4. The second kappa shape index (κ2) is 6.73. The maximum absolute atomic E-state index is 13.6. The first kappa shape index (κ1) is 15.5. The van der Waals surface area contributed by atoms with Gasteiger partial charge >= 0.3 is 0 Å². The van der Waals surface area contributed by atoms with Crippen LogP contribution in [-0.2, 0) is 11.3 Å². The Bertz CT molecular complexity index is 644. The molecule has 1 aromatic heterocycles. The predicted molar refractivity (Wildman–Crippen MR) is 80.7 cm³/mol. The molecule has 1 amide bonds. The van der Waals surface area contributed by atoms with E-state index in [-0.39, 0.29) is 18.1 Å². The first-order valence-electron chi connectivity index (χ1n) is 6.48. The van der Waals surface area contributed by atoms with E-state index in [0.717, 1.165) is 16.1 Å². The number of halogens is 1.